The number of rotatable bonds is 3. The molecule has 0 fully saturated rings. The van der Waals surface area contributed by atoms with Crippen LogP contribution in [0.25, 0.3) is 0 Å². The van der Waals surface area contributed by atoms with E-state index in [4.69, 9.17) is 0 Å². The Labute approximate surface area is 184 Å². The molecule has 3 aromatic carbocycles. The summed E-state index contributed by atoms with van der Waals surface area (Å²) in [5.41, 5.74) is 8.07. The van der Waals surface area contributed by atoms with Crippen molar-refractivity contribution in [2.45, 2.75) is 26.7 Å². The van der Waals surface area contributed by atoms with E-state index in [0.29, 0.717) is 5.92 Å². The summed E-state index contributed by atoms with van der Waals surface area (Å²) in [5, 5.41) is 0. The summed E-state index contributed by atoms with van der Waals surface area (Å²) < 4.78 is 0. The first-order valence-electron chi connectivity index (χ1n) is 7.50. The van der Waals surface area contributed by atoms with Crippen LogP contribution in [0.4, 0.5) is 0 Å². The second-order valence-electron chi connectivity index (χ2n) is 5.98. The average Bonchev–Trinajstić information content (AvgIpc) is 2.86. The van der Waals surface area contributed by atoms with E-state index in [1.54, 1.807) is 0 Å². The van der Waals surface area contributed by atoms with Crippen LogP contribution in [0.15, 0.2) is 66.7 Å². The molecule has 0 spiro atoms. The third kappa shape index (κ3) is 6.55. The van der Waals surface area contributed by atoms with Crippen LogP contribution in [0.2, 0.25) is 0 Å². The summed E-state index contributed by atoms with van der Waals surface area (Å²) in [5.74, 6) is 0.318. The average molecular weight is 428 g/mol. The van der Waals surface area contributed by atoms with Gasteiger partial charge in [-0.3, -0.25) is 0 Å². The summed E-state index contributed by atoms with van der Waals surface area (Å²) >= 11 is 0. The van der Waals surface area contributed by atoms with Crippen LogP contribution in [-0.4, -0.2) is 0 Å². The summed E-state index contributed by atoms with van der Waals surface area (Å²) in [6.45, 7) is 6.48. The minimum absolute atomic E-state index is 0. The van der Waals surface area contributed by atoms with E-state index < -0.39 is 0 Å². The van der Waals surface area contributed by atoms with Gasteiger partial charge in [0.05, 0.1) is 0 Å². The number of halogens is 3. The molecule has 25 heavy (non-hydrogen) atoms. The van der Waals surface area contributed by atoms with Gasteiger partial charge in [0.15, 0.2) is 0 Å². The SMILES string of the molecule is Cc1cccc(C(c2cccc(C)c2)[c-]2ccc(C)c2)c1.[Cl-].[Cl-].[Cl-].[Ti+4]. The fourth-order valence-corrected chi connectivity index (χ4v) is 3.04. The molecule has 0 unspecified atom stereocenters. The van der Waals surface area contributed by atoms with Crippen molar-refractivity contribution < 1.29 is 58.9 Å². The fraction of sp³-hybridized carbons (Fsp3) is 0.190. The van der Waals surface area contributed by atoms with Gasteiger partial charge >= 0.3 is 21.7 Å². The first kappa shape index (κ1) is 26.6. The number of aryl methyl sites for hydroxylation is 3. The normalized spacial score (nSPS) is 9.28. The Balaban J connectivity index is 0. The minimum Gasteiger partial charge on any atom is -1.00 e. The van der Waals surface area contributed by atoms with Crippen LogP contribution in [0, 0.1) is 20.8 Å². The Morgan fingerprint density at radius 3 is 1.52 bits per heavy atom. The predicted molar refractivity (Wildman–Crippen MR) is 90.1 cm³/mol. The summed E-state index contributed by atoms with van der Waals surface area (Å²) in [4.78, 5) is 0. The first-order chi connectivity index (χ1) is 10.1. The molecule has 0 aromatic heterocycles. The van der Waals surface area contributed by atoms with Gasteiger partial charge in [-0.15, -0.1) is 5.56 Å². The predicted octanol–water partition coefficient (Wildman–Crippen LogP) is -3.48. The van der Waals surface area contributed by atoms with Crippen molar-refractivity contribution in [3.8, 4) is 0 Å². The molecule has 0 nitrogen and oxygen atoms in total. The van der Waals surface area contributed by atoms with Gasteiger partial charge < -0.3 is 37.2 Å². The van der Waals surface area contributed by atoms with Gasteiger partial charge in [0.2, 0.25) is 0 Å². The molecule has 0 aliphatic rings. The maximum absolute atomic E-state index is 2.30. The Morgan fingerprint density at radius 1 is 0.680 bits per heavy atom. The molecule has 130 valence electrons. The molecule has 0 saturated carbocycles. The summed E-state index contributed by atoms with van der Waals surface area (Å²) in [6.07, 6.45) is 0. The zero-order valence-electron chi connectivity index (χ0n) is 14.6. The van der Waals surface area contributed by atoms with E-state index in [0.717, 1.165) is 0 Å². The molecule has 0 saturated heterocycles. The van der Waals surface area contributed by atoms with Gasteiger partial charge in [0, 0.05) is 0 Å². The van der Waals surface area contributed by atoms with Crippen molar-refractivity contribution in [3.63, 3.8) is 0 Å². The smallest absolute Gasteiger partial charge is 1.00 e. The van der Waals surface area contributed by atoms with Crippen molar-refractivity contribution in [2.75, 3.05) is 0 Å². The summed E-state index contributed by atoms with van der Waals surface area (Å²) in [7, 11) is 0. The van der Waals surface area contributed by atoms with E-state index in [-0.39, 0.29) is 58.9 Å². The summed E-state index contributed by atoms with van der Waals surface area (Å²) in [6, 6.07) is 24.5. The third-order valence-electron chi connectivity index (χ3n) is 4.02. The zero-order chi connectivity index (χ0) is 14.8. The Morgan fingerprint density at radius 2 is 1.16 bits per heavy atom. The monoisotopic (exact) mass is 426 g/mol. The van der Waals surface area contributed by atoms with Crippen LogP contribution < -0.4 is 37.2 Å². The largest absolute Gasteiger partial charge is 4.00 e. The van der Waals surface area contributed by atoms with Gasteiger partial charge in [-0.2, -0.15) is 12.1 Å². The van der Waals surface area contributed by atoms with E-state index in [2.05, 4.69) is 87.5 Å². The van der Waals surface area contributed by atoms with Crippen molar-refractivity contribution in [1.29, 1.82) is 0 Å². The van der Waals surface area contributed by atoms with Crippen molar-refractivity contribution in [1.82, 2.24) is 0 Å². The van der Waals surface area contributed by atoms with Gasteiger partial charge in [-0.05, 0) is 30.9 Å². The fourth-order valence-electron chi connectivity index (χ4n) is 3.04. The second-order valence-corrected chi connectivity index (χ2v) is 5.98. The number of benzene rings is 2. The molecule has 0 atom stereocenters. The Bertz CT molecular complexity index is 720. The van der Waals surface area contributed by atoms with Crippen molar-refractivity contribution in [3.05, 3.63) is 100 Å². The molecule has 0 amide bonds. The quantitative estimate of drug-likeness (QED) is 0.301. The van der Waals surface area contributed by atoms with Crippen LogP contribution >= 0.6 is 0 Å². The van der Waals surface area contributed by atoms with Crippen LogP contribution in [-0.2, 0) is 21.7 Å². The van der Waals surface area contributed by atoms with Gasteiger partial charge in [-0.25, -0.2) is 11.6 Å². The van der Waals surface area contributed by atoms with Crippen molar-refractivity contribution in [2.24, 2.45) is 0 Å². The molecule has 0 aliphatic carbocycles. The Hall–Kier alpha value is -0.626. The third-order valence-corrected chi connectivity index (χ3v) is 4.02. The molecule has 0 radical (unpaired) electrons. The zero-order valence-corrected chi connectivity index (χ0v) is 18.4. The molecule has 3 rings (SSSR count). The van der Waals surface area contributed by atoms with Crippen molar-refractivity contribution >= 4 is 0 Å². The second kappa shape index (κ2) is 11.9. The standard InChI is InChI=1S/C21H21.3ClH.Ti/c1-15-6-4-8-18(12-15)21(20-11-10-17(3)14-20)19-9-5-7-16(2)13-19;;;;/h4-14,21H,1-3H3;3*1H;/q-1;;;;+4/p-3. The van der Waals surface area contributed by atoms with Crippen LogP contribution in [0.1, 0.15) is 39.3 Å². The number of hydrogen-bond donors (Lipinski definition) is 0. The molecule has 0 aliphatic heterocycles. The molecule has 3 aromatic rings. The van der Waals surface area contributed by atoms with E-state index >= 15 is 0 Å². The Kier molecular flexibility index (Phi) is 12.6. The minimum atomic E-state index is 0. The van der Waals surface area contributed by atoms with Gasteiger partial charge in [-0.1, -0.05) is 66.6 Å². The molecule has 0 N–H and O–H groups in total. The molecule has 4 heteroatoms. The molecular weight excluding hydrogens is 406 g/mol. The van der Waals surface area contributed by atoms with Crippen LogP contribution in [0.3, 0.4) is 0 Å². The van der Waals surface area contributed by atoms with Gasteiger partial charge in [0.25, 0.3) is 0 Å². The maximum atomic E-state index is 2.30. The molecular formula is C21H21Cl3Ti. The van der Waals surface area contributed by atoms with E-state index in [1.165, 1.54) is 33.4 Å². The van der Waals surface area contributed by atoms with E-state index in [9.17, 15) is 0 Å². The van der Waals surface area contributed by atoms with E-state index in [1.807, 2.05) is 0 Å². The van der Waals surface area contributed by atoms with Gasteiger partial charge in [0.1, 0.15) is 0 Å². The number of hydrogen-bond acceptors (Lipinski definition) is 0. The molecule has 0 heterocycles. The molecule has 0 bridgehead atoms. The maximum Gasteiger partial charge on any atom is 4.00 e. The van der Waals surface area contributed by atoms with Crippen LogP contribution in [0.5, 0.6) is 0 Å². The first-order valence-corrected chi connectivity index (χ1v) is 7.50. The topological polar surface area (TPSA) is 0 Å².